The molecule has 0 aliphatic heterocycles. The molecule has 0 atom stereocenters. The first kappa shape index (κ1) is 7.73. The van der Waals surface area contributed by atoms with Gasteiger partial charge in [0.25, 0.3) is 0 Å². The molecule has 0 spiro atoms. The molecule has 66 valence electrons. The van der Waals surface area contributed by atoms with Gasteiger partial charge in [-0.15, -0.1) is 10.2 Å². The van der Waals surface area contributed by atoms with Crippen molar-refractivity contribution in [2.45, 2.75) is 38.3 Å². The van der Waals surface area contributed by atoms with E-state index in [1.807, 2.05) is 4.57 Å². The Balaban J connectivity index is 2.37. The van der Waals surface area contributed by atoms with E-state index in [-0.39, 0.29) is 5.54 Å². The summed E-state index contributed by atoms with van der Waals surface area (Å²) in [5.41, 5.74) is 5.86. The third-order valence-corrected chi connectivity index (χ3v) is 2.36. The van der Waals surface area contributed by atoms with Crippen LogP contribution in [0.3, 0.4) is 0 Å². The number of rotatable bonds is 2. The Morgan fingerprint density at radius 1 is 1.58 bits per heavy atom. The van der Waals surface area contributed by atoms with Crippen LogP contribution in [0.1, 0.15) is 38.6 Å². The lowest BCUT2D eigenvalue weighted by Crippen LogP contribution is -2.24. The lowest BCUT2D eigenvalue weighted by Gasteiger charge is -2.13. The van der Waals surface area contributed by atoms with Crippen LogP contribution >= 0.6 is 0 Å². The van der Waals surface area contributed by atoms with E-state index in [0.717, 1.165) is 18.7 Å². The molecular weight excluding hydrogens is 152 g/mol. The molecule has 0 unspecified atom stereocenters. The molecule has 4 nitrogen and oxygen atoms in total. The molecule has 1 aromatic heterocycles. The zero-order valence-corrected chi connectivity index (χ0v) is 7.49. The van der Waals surface area contributed by atoms with Crippen molar-refractivity contribution in [3.8, 4) is 0 Å². The van der Waals surface area contributed by atoms with Crippen LogP contribution in [0.2, 0.25) is 0 Å². The van der Waals surface area contributed by atoms with E-state index in [4.69, 9.17) is 5.73 Å². The van der Waals surface area contributed by atoms with Gasteiger partial charge in [0.15, 0.2) is 5.82 Å². The number of hydrogen-bond acceptors (Lipinski definition) is 3. The molecule has 1 fully saturated rings. The van der Waals surface area contributed by atoms with Crippen molar-refractivity contribution in [2.75, 3.05) is 0 Å². The first-order valence-electron chi connectivity index (χ1n) is 4.32. The van der Waals surface area contributed by atoms with E-state index in [2.05, 4.69) is 24.0 Å². The van der Waals surface area contributed by atoms with E-state index >= 15 is 0 Å². The van der Waals surface area contributed by atoms with Gasteiger partial charge in [-0.1, -0.05) is 0 Å². The third-order valence-electron chi connectivity index (χ3n) is 2.36. The summed E-state index contributed by atoms with van der Waals surface area (Å²) >= 11 is 0. The van der Waals surface area contributed by atoms with E-state index in [9.17, 15) is 0 Å². The third kappa shape index (κ3) is 1.03. The zero-order valence-electron chi connectivity index (χ0n) is 7.49. The molecule has 1 aromatic rings. The summed E-state index contributed by atoms with van der Waals surface area (Å²) in [4.78, 5) is 0. The Kier molecular flexibility index (Phi) is 1.48. The molecule has 1 aliphatic rings. The summed E-state index contributed by atoms with van der Waals surface area (Å²) < 4.78 is 2.05. The van der Waals surface area contributed by atoms with Crippen molar-refractivity contribution in [3.05, 3.63) is 12.2 Å². The highest BCUT2D eigenvalue weighted by Crippen LogP contribution is 2.41. The number of nitrogens with zero attached hydrogens (tertiary/aromatic N) is 3. The molecule has 2 rings (SSSR count). The fourth-order valence-corrected chi connectivity index (χ4v) is 1.34. The molecule has 0 bridgehead atoms. The quantitative estimate of drug-likeness (QED) is 0.707. The van der Waals surface area contributed by atoms with Crippen molar-refractivity contribution in [1.29, 1.82) is 0 Å². The summed E-state index contributed by atoms with van der Waals surface area (Å²) in [7, 11) is 0. The van der Waals surface area contributed by atoms with Gasteiger partial charge in [0.1, 0.15) is 6.33 Å². The first-order chi connectivity index (χ1) is 5.63. The van der Waals surface area contributed by atoms with Crippen molar-refractivity contribution in [1.82, 2.24) is 14.8 Å². The normalized spacial score (nSPS) is 20.0. The molecular formula is C8H14N4. The largest absolute Gasteiger partial charge is 0.319 e. The van der Waals surface area contributed by atoms with Crippen LogP contribution in [0.25, 0.3) is 0 Å². The van der Waals surface area contributed by atoms with E-state index < -0.39 is 0 Å². The van der Waals surface area contributed by atoms with Gasteiger partial charge < -0.3 is 10.3 Å². The van der Waals surface area contributed by atoms with Crippen LogP contribution in [0, 0.1) is 0 Å². The lowest BCUT2D eigenvalue weighted by atomic mass is 10.2. The first-order valence-corrected chi connectivity index (χ1v) is 4.32. The summed E-state index contributed by atoms with van der Waals surface area (Å²) in [6.07, 6.45) is 3.84. The molecule has 0 aromatic carbocycles. The number of nitrogens with two attached hydrogens (primary N) is 1. The Morgan fingerprint density at radius 2 is 2.25 bits per heavy atom. The van der Waals surface area contributed by atoms with E-state index in [1.54, 1.807) is 6.33 Å². The molecule has 0 saturated heterocycles. The maximum Gasteiger partial charge on any atom is 0.153 e. The van der Waals surface area contributed by atoms with Crippen LogP contribution in [0.5, 0.6) is 0 Å². The molecule has 12 heavy (non-hydrogen) atoms. The predicted molar refractivity (Wildman–Crippen MR) is 45.5 cm³/mol. The molecule has 1 saturated carbocycles. The van der Waals surface area contributed by atoms with Gasteiger partial charge in [-0.25, -0.2) is 0 Å². The second kappa shape index (κ2) is 2.29. The fraction of sp³-hybridized carbons (Fsp3) is 0.750. The standard InChI is InChI=1S/C8H14N4/c1-6(2)12-5-10-11-7(12)8(9)3-4-8/h5-6H,3-4,9H2,1-2H3. The SMILES string of the molecule is CC(C)n1cnnc1C1(N)CC1. The van der Waals surface area contributed by atoms with Crippen molar-refractivity contribution in [2.24, 2.45) is 5.73 Å². The van der Waals surface area contributed by atoms with E-state index in [0.29, 0.717) is 6.04 Å². The molecule has 2 N–H and O–H groups in total. The maximum atomic E-state index is 6.03. The Labute approximate surface area is 71.8 Å². The Morgan fingerprint density at radius 3 is 2.75 bits per heavy atom. The van der Waals surface area contributed by atoms with Gasteiger partial charge >= 0.3 is 0 Å². The molecule has 1 aliphatic carbocycles. The van der Waals surface area contributed by atoms with Gasteiger partial charge in [-0.05, 0) is 26.7 Å². The minimum atomic E-state index is -0.166. The topological polar surface area (TPSA) is 56.7 Å². The van der Waals surface area contributed by atoms with Gasteiger partial charge in [0.05, 0.1) is 5.54 Å². The summed E-state index contributed by atoms with van der Waals surface area (Å²) in [5, 5.41) is 7.94. The van der Waals surface area contributed by atoms with Crippen molar-refractivity contribution < 1.29 is 0 Å². The van der Waals surface area contributed by atoms with Gasteiger partial charge in [-0.2, -0.15) is 0 Å². The lowest BCUT2D eigenvalue weighted by molar-refractivity contribution is 0.523. The molecule has 0 radical (unpaired) electrons. The predicted octanol–water partition coefficient (Wildman–Crippen LogP) is 0.807. The Bertz CT molecular complexity index is 285. The average Bonchev–Trinajstić information content (AvgIpc) is 2.61. The minimum Gasteiger partial charge on any atom is -0.319 e. The van der Waals surface area contributed by atoms with Crippen LogP contribution in [0.15, 0.2) is 6.33 Å². The van der Waals surface area contributed by atoms with Gasteiger partial charge in [0.2, 0.25) is 0 Å². The van der Waals surface area contributed by atoms with Crippen molar-refractivity contribution in [3.63, 3.8) is 0 Å². The molecule has 0 amide bonds. The summed E-state index contributed by atoms with van der Waals surface area (Å²) in [6.45, 7) is 4.22. The van der Waals surface area contributed by atoms with Crippen molar-refractivity contribution >= 4 is 0 Å². The number of aromatic nitrogens is 3. The second-order valence-electron chi connectivity index (χ2n) is 3.81. The van der Waals surface area contributed by atoms with Crippen LogP contribution < -0.4 is 5.73 Å². The van der Waals surface area contributed by atoms with Gasteiger partial charge in [0, 0.05) is 6.04 Å². The number of hydrogen-bond donors (Lipinski definition) is 1. The summed E-state index contributed by atoms with van der Waals surface area (Å²) in [6, 6.07) is 0.399. The summed E-state index contributed by atoms with van der Waals surface area (Å²) in [5.74, 6) is 0.942. The van der Waals surface area contributed by atoms with E-state index in [1.165, 1.54) is 0 Å². The fourth-order valence-electron chi connectivity index (χ4n) is 1.34. The monoisotopic (exact) mass is 166 g/mol. The smallest absolute Gasteiger partial charge is 0.153 e. The van der Waals surface area contributed by atoms with Crippen LogP contribution in [0.4, 0.5) is 0 Å². The highest BCUT2D eigenvalue weighted by molar-refractivity contribution is 5.14. The highest BCUT2D eigenvalue weighted by Gasteiger charge is 2.44. The average molecular weight is 166 g/mol. The molecule has 1 heterocycles. The van der Waals surface area contributed by atoms with Crippen LogP contribution in [-0.4, -0.2) is 14.8 Å². The minimum absolute atomic E-state index is 0.166. The second-order valence-corrected chi connectivity index (χ2v) is 3.81. The van der Waals surface area contributed by atoms with Gasteiger partial charge in [-0.3, -0.25) is 0 Å². The molecule has 4 heteroatoms. The highest BCUT2D eigenvalue weighted by atomic mass is 15.3. The van der Waals surface area contributed by atoms with Crippen LogP contribution in [-0.2, 0) is 5.54 Å². The maximum absolute atomic E-state index is 6.03. The zero-order chi connectivity index (χ0) is 8.77. The Hall–Kier alpha value is -0.900.